The maximum absolute atomic E-state index is 12.0. The highest BCUT2D eigenvalue weighted by molar-refractivity contribution is 7.16. The van der Waals surface area contributed by atoms with Gasteiger partial charge in [-0.3, -0.25) is 9.59 Å². The zero-order valence-corrected chi connectivity index (χ0v) is 12.2. The van der Waals surface area contributed by atoms with Gasteiger partial charge in [-0.25, -0.2) is 0 Å². The maximum atomic E-state index is 12.0. The van der Waals surface area contributed by atoms with Crippen LogP contribution in [0.3, 0.4) is 0 Å². The molecule has 1 aromatic rings. The van der Waals surface area contributed by atoms with Crippen LogP contribution >= 0.6 is 11.3 Å². The minimum atomic E-state index is -0.474. The third-order valence-corrected chi connectivity index (χ3v) is 4.96. The Balaban J connectivity index is 2.07. The topological polar surface area (TPSA) is 72.2 Å². The molecule has 2 rings (SSSR count). The van der Waals surface area contributed by atoms with Crippen molar-refractivity contribution < 1.29 is 9.59 Å². The predicted molar refractivity (Wildman–Crippen MR) is 77.5 cm³/mol. The molecule has 0 unspecified atom stereocenters. The highest BCUT2D eigenvalue weighted by Crippen LogP contribution is 2.33. The average molecular weight is 280 g/mol. The van der Waals surface area contributed by atoms with Crippen molar-refractivity contribution in [3.8, 4) is 0 Å². The first-order valence-corrected chi connectivity index (χ1v) is 7.50. The largest absolute Gasteiger partial charge is 0.365 e. The summed E-state index contributed by atoms with van der Waals surface area (Å²) in [4.78, 5) is 24.5. The molecule has 5 heteroatoms. The van der Waals surface area contributed by atoms with Crippen LogP contribution in [0.2, 0.25) is 0 Å². The van der Waals surface area contributed by atoms with Crippen LogP contribution in [0.4, 0.5) is 5.00 Å². The Labute approximate surface area is 117 Å². The number of carbonyl (C=O) groups is 2. The molecule has 2 amide bonds. The number of aryl methyl sites for hydroxylation is 1. The monoisotopic (exact) mass is 280 g/mol. The van der Waals surface area contributed by atoms with Crippen molar-refractivity contribution in [3.63, 3.8) is 0 Å². The zero-order valence-electron chi connectivity index (χ0n) is 11.4. The Bertz CT molecular complexity index is 502. The van der Waals surface area contributed by atoms with Crippen molar-refractivity contribution >= 4 is 28.2 Å². The van der Waals surface area contributed by atoms with E-state index >= 15 is 0 Å². The number of nitrogens with two attached hydrogens (primary N) is 1. The van der Waals surface area contributed by atoms with Crippen molar-refractivity contribution in [2.75, 3.05) is 5.32 Å². The van der Waals surface area contributed by atoms with E-state index in [2.05, 4.69) is 5.32 Å². The van der Waals surface area contributed by atoms with E-state index < -0.39 is 5.91 Å². The Hall–Kier alpha value is -1.36. The van der Waals surface area contributed by atoms with E-state index in [1.165, 1.54) is 24.2 Å². The summed E-state index contributed by atoms with van der Waals surface area (Å²) in [5.41, 5.74) is 6.71. The molecular weight excluding hydrogens is 260 g/mol. The number of amides is 2. The molecule has 104 valence electrons. The minimum absolute atomic E-state index is 0.00403. The molecule has 3 N–H and O–H groups in total. The third kappa shape index (κ3) is 3.15. The number of nitrogens with one attached hydrogen (secondary N) is 1. The normalized spacial score (nSPS) is 15.7. The van der Waals surface area contributed by atoms with Gasteiger partial charge in [0, 0.05) is 11.3 Å². The van der Waals surface area contributed by atoms with Gasteiger partial charge in [0.05, 0.1) is 5.56 Å². The van der Waals surface area contributed by atoms with Crippen LogP contribution in [-0.4, -0.2) is 11.8 Å². The SMILES string of the molecule is Cc1sc(NC(=O)CC2CCCC2)c(C(N)=O)c1C. The van der Waals surface area contributed by atoms with Crippen LogP contribution in [0.15, 0.2) is 0 Å². The summed E-state index contributed by atoms with van der Waals surface area (Å²) in [5.74, 6) is 0.0212. The first-order valence-electron chi connectivity index (χ1n) is 6.68. The molecule has 1 fully saturated rings. The van der Waals surface area contributed by atoms with Gasteiger partial charge >= 0.3 is 0 Å². The van der Waals surface area contributed by atoms with E-state index in [-0.39, 0.29) is 5.91 Å². The highest BCUT2D eigenvalue weighted by Gasteiger charge is 2.22. The summed E-state index contributed by atoms with van der Waals surface area (Å²) in [5, 5.41) is 3.46. The van der Waals surface area contributed by atoms with Gasteiger partial charge in [0.15, 0.2) is 0 Å². The fourth-order valence-corrected chi connectivity index (χ4v) is 3.75. The number of primary amides is 1. The molecular formula is C14H20N2O2S. The lowest BCUT2D eigenvalue weighted by Crippen LogP contribution is -2.18. The molecule has 4 nitrogen and oxygen atoms in total. The molecule has 0 aromatic carbocycles. The maximum Gasteiger partial charge on any atom is 0.251 e. The van der Waals surface area contributed by atoms with E-state index in [1.54, 1.807) is 0 Å². The molecule has 1 aliphatic carbocycles. The summed E-state index contributed by atoms with van der Waals surface area (Å²) >= 11 is 1.42. The van der Waals surface area contributed by atoms with Crippen LogP contribution in [0.25, 0.3) is 0 Å². The van der Waals surface area contributed by atoms with Crippen LogP contribution in [0.1, 0.15) is 52.9 Å². The lowest BCUT2D eigenvalue weighted by molar-refractivity contribution is -0.117. The van der Waals surface area contributed by atoms with Crippen LogP contribution in [-0.2, 0) is 4.79 Å². The summed E-state index contributed by atoms with van der Waals surface area (Å²) in [6.45, 7) is 3.79. The Morgan fingerprint density at radius 1 is 1.32 bits per heavy atom. The van der Waals surface area contributed by atoms with Crippen LogP contribution in [0, 0.1) is 19.8 Å². The fourth-order valence-electron chi connectivity index (χ4n) is 2.67. The molecule has 0 radical (unpaired) electrons. The number of hydrogen-bond acceptors (Lipinski definition) is 3. The summed E-state index contributed by atoms with van der Waals surface area (Å²) in [6, 6.07) is 0. The number of anilines is 1. The summed E-state index contributed by atoms with van der Waals surface area (Å²) in [7, 11) is 0. The van der Waals surface area contributed by atoms with Gasteiger partial charge in [-0.15, -0.1) is 11.3 Å². The van der Waals surface area contributed by atoms with E-state index in [1.807, 2.05) is 13.8 Å². The molecule has 1 aliphatic rings. The van der Waals surface area contributed by atoms with Gasteiger partial charge in [0.1, 0.15) is 5.00 Å². The van der Waals surface area contributed by atoms with Crippen LogP contribution in [0.5, 0.6) is 0 Å². The second-order valence-electron chi connectivity index (χ2n) is 5.25. The van der Waals surface area contributed by atoms with Gasteiger partial charge in [-0.05, 0) is 38.2 Å². The molecule has 1 aromatic heterocycles. The van der Waals surface area contributed by atoms with Crippen molar-refractivity contribution in [3.05, 3.63) is 16.0 Å². The van der Waals surface area contributed by atoms with Gasteiger partial charge in [0.2, 0.25) is 5.91 Å². The Morgan fingerprint density at radius 2 is 1.95 bits per heavy atom. The number of rotatable bonds is 4. The number of thiophene rings is 1. The standard InChI is InChI=1S/C14H20N2O2S/c1-8-9(2)19-14(12(8)13(15)18)16-11(17)7-10-5-3-4-6-10/h10H,3-7H2,1-2H3,(H2,15,18)(H,16,17). The molecule has 1 saturated carbocycles. The molecule has 19 heavy (non-hydrogen) atoms. The molecule has 0 spiro atoms. The Morgan fingerprint density at radius 3 is 2.53 bits per heavy atom. The molecule has 0 atom stereocenters. The molecule has 1 heterocycles. The van der Waals surface area contributed by atoms with Gasteiger partial charge in [0.25, 0.3) is 5.91 Å². The van der Waals surface area contributed by atoms with E-state index in [0.717, 1.165) is 23.3 Å². The zero-order chi connectivity index (χ0) is 14.0. The minimum Gasteiger partial charge on any atom is -0.365 e. The fraction of sp³-hybridized carbons (Fsp3) is 0.571. The van der Waals surface area contributed by atoms with E-state index in [9.17, 15) is 9.59 Å². The summed E-state index contributed by atoms with van der Waals surface area (Å²) < 4.78 is 0. The quantitative estimate of drug-likeness (QED) is 0.890. The molecule has 0 bridgehead atoms. The third-order valence-electron chi connectivity index (χ3n) is 3.83. The summed E-state index contributed by atoms with van der Waals surface area (Å²) in [6.07, 6.45) is 5.27. The van der Waals surface area contributed by atoms with Crippen molar-refractivity contribution in [2.45, 2.75) is 46.0 Å². The smallest absolute Gasteiger partial charge is 0.251 e. The van der Waals surface area contributed by atoms with Crippen molar-refractivity contribution in [2.24, 2.45) is 11.7 Å². The number of hydrogen-bond donors (Lipinski definition) is 2. The second-order valence-corrected chi connectivity index (χ2v) is 6.48. The predicted octanol–water partition coefficient (Wildman–Crippen LogP) is 2.98. The lowest BCUT2D eigenvalue weighted by atomic mass is 10.0. The average Bonchev–Trinajstić information content (AvgIpc) is 2.88. The lowest BCUT2D eigenvalue weighted by Gasteiger charge is -2.09. The van der Waals surface area contributed by atoms with Gasteiger partial charge < -0.3 is 11.1 Å². The first-order chi connectivity index (χ1) is 8.99. The van der Waals surface area contributed by atoms with Crippen molar-refractivity contribution in [1.29, 1.82) is 0 Å². The first kappa shape index (κ1) is 14.1. The number of carbonyl (C=O) groups excluding carboxylic acids is 2. The highest BCUT2D eigenvalue weighted by atomic mass is 32.1. The molecule has 0 aliphatic heterocycles. The molecule has 0 saturated heterocycles. The Kier molecular flexibility index (Phi) is 4.24. The van der Waals surface area contributed by atoms with Gasteiger partial charge in [-0.1, -0.05) is 12.8 Å². The second kappa shape index (κ2) is 5.74. The van der Waals surface area contributed by atoms with Crippen molar-refractivity contribution in [1.82, 2.24) is 0 Å². The van der Waals surface area contributed by atoms with E-state index in [4.69, 9.17) is 5.73 Å². The van der Waals surface area contributed by atoms with E-state index in [0.29, 0.717) is 22.9 Å². The van der Waals surface area contributed by atoms with Crippen LogP contribution < -0.4 is 11.1 Å². The van der Waals surface area contributed by atoms with Gasteiger partial charge in [-0.2, -0.15) is 0 Å².